The molecule has 0 saturated heterocycles. The van der Waals surface area contributed by atoms with Gasteiger partial charge in [0.15, 0.2) is 0 Å². The van der Waals surface area contributed by atoms with Crippen molar-refractivity contribution in [2.45, 2.75) is 13.0 Å². The van der Waals surface area contributed by atoms with Crippen molar-refractivity contribution in [2.24, 2.45) is 0 Å². The second kappa shape index (κ2) is 8.22. The molecule has 2 heterocycles. The Kier molecular flexibility index (Phi) is 5.55. The number of halogens is 1. The minimum atomic E-state index is -0.291. The summed E-state index contributed by atoms with van der Waals surface area (Å²) < 4.78 is 13.1. The third-order valence-corrected chi connectivity index (χ3v) is 3.87. The van der Waals surface area contributed by atoms with Gasteiger partial charge in [0, 0.05) is 31.0 Å². The standard InChI is InChI=1S/C19H19FN6O/c1-12(13-3-5-15(20)6-4-13)24-16-9-14(19(27)21-2)10-17(25-16)26-18-11-22-7-8-23-18/h3-12H,1-2H3,(H,21,27)(H2,23,24,25,26)/t12-/m0/s1. The van der Waals surface area contributed by atoms with Crippen molar-refractivity contribution < 1.29 is 9.18 Å². The average Bonchev–Trinajstić information content (AvgIpc) is 2.68. The highest BCUT2D eigenvalue weighted by Gasteiger charge is 2.12. The summed E-state index contributed by atoms with van der Waals surface area (Å²) in [5.74, 6) is 0.930. The van der Waals surface area contributed by atoms with E-state index in [0.717, 1.165) is 5.56 Å². The first-order chi connectivity index (χ1) is 13.0. The Morgan fingerprint density at radius 2 is 1.81 bits per heavy atom. The van der Waals surface area contributed by atoms with Crippen molar-refractivity contribution in [2.75, 3.05) is 17.7 Å². The van der Waals surface area contributed by atoms with Crippen LogP contribution in [-0.2, 0) is 0 Å². The molecule has 0 bridgehead atoms. The van der Waals surface area contributed by atoms with E-state index in [9.17, 15) is 9.18 Å². The Morgan fingerprint density at radius 3 is 2.48 bits per heavy atom. The van der Waals surface area contributed by atoms with Gasteiger partial charge in [0.05, 0.1) is 6.20 Å². The predicted molar refractivity (Wildman–Crippen MR) is 101 cm³/mol. The molecule has 0 aliphatic carbocycles. The van der Waals surface area contributed by atoms with Gasteiger partial charge in [-0.1, -0.05) is 12.1 Å². The molecule has 0 unspecified atom stereocenters. The van der Waals surface area contributed by atoms with Crippen LogP contribution >= 0.6 is 0 Å². The minimum absolute atomic E-state index is 0.137. The van der Waals surface area contributed by atoms with Crippen LogP contribution in [0.3, 0.4) is 0 Å². The van der Waals surface area contributed by atoms with E-state index in [-0.39, 0.29) is 17.8 Å². The van der Waals surface area contributed by atoms with Gasteiger partial charge < -0.3 is 16.0 Å². The summed E-state index contributed by atoms with van der Waals surface area (Å²) >= 11 is 0. The molecule has 1 atom stereocenters. The maximum atomic E-state index is 13.1. The number of carbonyl (C=O) groups is 1. The lowest BCUT2D eigenvalue weighted by molar-refractivity contribution is 0.0963. The highest BCUT2D eigenvalue weighted by atomic mass is 19.1. The van der Waals surface area contributed by atoms with E-state index in [1.165, 1.54) is 12.1 Å². The molecule has 3 N–H and O–H groups in total. The molecule has 3 rings (SSSR count). The van der Waals surface area contributed by atoms with Crippen LogP contribution < -0.4 is 16.0 Å². The first-order valence-corrected chi connectivity index (χ1v) is 8.34. The lowest BCUT2D eigenvalue weighted by atomic mass is 10.1. The highest BCUT2D eigenvalue weighted by Crippen LogP contribution is 2.22. The smallest absolute Gasteiger partial charge is 0.251 e. The summed E-state index contributed by atoms with van der Waals surface area (Å²) in [4.78, 5) is 24.7. The van der Waals surface area contributed by atoms with Crippen LogP contribution in [0.4, 0.5) is 21.8 Å². The summed E-state index contributed by atoms with van der Waals surface area (Å²) in [6, 6.07) is 9.36. The SMILES string of the molecule is CNC(=O)c1cc(Nc2cnccn2)nc(N[C@@H](C)c2ccc(F)cc2)c1. The Morgan fingerprint density at radius 1 is 1.07 bits per heavy atom. The summed E-state index contributed by atoms with van der Waals surface area (Å²) in [5.41, 5.74) is 1.33. The molecular weight excluding hydrogens is 347 g/mol. The average molecular weight is 366 g/mol. The normalized spacial score (nSPS) is 11.5. The second-order valence-corrected chi connectivity index (χ2v) is 5.84. The molecule has 7 nitrogen and oxygen atoms in total. The summed E-state index contributed by atoms with van der Waals surface area (Å²) in [5, 5.41) is 8.86. The Labute approximate surface area is 156 Å². The van der Waals surface area contributed by atoms with Crippen LogP contribution in [0, 0.1) is 5.82 Å². The van der Waals surface area contributed by atoms with Crippen molar-refractivity contribution in [1.82, 2.24) is 20.3 Å². The first-order valence-electron chi connectivity index (χ1n) is 8.34. The van der Waals surface area contributed by atoms with Gasteiger partial charge in [-0.2, -0.15) is 0 Å². The fourth-order valence-corrected chi connectivity index (χ4v) is 2.50. The molecule has 27 heavy (non-hydrogen) atoms. The van der Waals surface area contributed by atoms with Crippen molar-refractivity contribution in [1.29, 1.82) is 0 Å². The molecule has 0 radical (unpaired) electrons. The first kappa shape index (κ1) is 18.2. The number of nitrogens with zero attached hydrogens (tertiary/aromatic N) is 3. The number of amides is 1. The number of pyridine rings is 1. The summed E-state index contributed by atoms with van der Waals surface area (Å²) in [6.45, 7) is 1.93. The van der Waals surface area contributed by atoms with Crippen molar-refractivity contribution >= 4 is 23.4 Å². The van der Waals surface area contributed by atoms with Gasteiger partial charge in [0.2, 0.25) is 0 Å². The van der Waals surface area contributed by atoms with Gasteiger partial charge in [-0.15, -0.1) is 0 Å². The molecule has 1 aromatic carbocycles. The van der Waals surface area contributed by atoms with Gasteiger partial charge in [0.25, 0.3) is 5.91 Å². The fraction of sp³-hybridized carbons (Fsp3) is 0.158. The van der Waals surface area contributed by atoms with Crippen LogP contribution in [0.2, 0.25) is 0 Å². The maximum absolute atomic E-state index is 13.1. The van der Waals surface area contributed by atoms with E-state index < -0.39 is 0 Å². The van der Waals surface area contributed by atoms with Crippen LogP contribution in [0.25, 0.3) is 0 Å². The molecule has 0 saturated carbocycles. The number of hydrogen-bond donors (Lipinski definition) is 3. The molecular formula is C19H19FN6O. The zero-order chi connectivity index (χ0) is 19.2. The van der Waals surface area contributed by atoms with Crippen molar-refractivity contribution in [3.8, 4) is 0 Å². The third-order valence-electron chi connectivity index (χ3n) is 3.87. The summed E-state index contributed by atoms with van der Waals surface area (Å²) in [6.07, 6.45) is 4.68. The Hall–Kier alpha value is -3.55. The van der Waals surface area contributed by atoms with E-state index >= 15 is 0 Å². The molecule has 0 fully saturated rings. The van der Waals surface area contributed by atoms with Crippen LogP contribution in [0.5, 0.6) is 0 Å². The number of aromatic nitrogens is 3. The quantitative estimate of drug-likeness (QED) is 0.620. The monoisotopic (exact) mass is 366 g/mol. The molecule has 0 aliphatic rings. The minimum Gasteiger partial charge on any atom is -0.363 e. The Bertz CT molecular complexity index is 917. The highest BCUT2D eigenvalue weighted by molar-refractivity contribution is 5.95. The molecule has 2 aromatic heterocycles. The zero-order valence-corrected chi connectivity index (χ0v) is 14.9. The van der Waals surface area contributed by atoms with Crippen molar-refractivity contribution in [3.05, 3.63) is 71.9 Å². The largest absolute Gasteiger partial charge is 0.363 e. The van der Waals surface area contributed by atoms with Gasteiger partial charge in [0.1, 0.15) is 23.3 Å². The number of carbonyl (C=O) groups excluding carboxylic acids is 1. The van der Waals surface area contributed by atoms with Gasteiger partial charge in [-0.25, -0.2) is 14.4 Å². The molecule has 0 spiro atoms. The molecule has 1 amide bonds. The number of rotatable bonds is 6. The lowest BCUT2D eigenvalue weighted by Crippen LogP contribution is -2.19. The maximum Gasteiger partial charge on any atom is 0.251 e. The number of nitrogens with one attached hydrogen (secondary N) is 3. The van der Waals surface area contributed by atoms with Crippen LogP contribution in [0.15, 0.2) is 55.0 Å². The molecule has 138 valence electrons. The van der Waals surface area contributed by atoms with E-state index in [4.69, 9.17) is 0 Å². The fourth-order valence-electron chi connectivity index (χ4n) is 2.50. The topological polar surface area (TPSA) is 91.8 Å². The molecule has 3 aromatic rings. The van der Waals surface area contributed by atoms with E-state index in [2.05, 4.69) is 30.9 Å². The summed E-state index contributed by atoms with van der Waals surface area (Å²) in [7, 11) is 1.56. The molecule has 0 aliphatic heterocycles. The van der Waals surface area contributed by atoms with E-state index in [1.807, 2.05) is 6.92 Å². The number of benzene rings is 1. The van der Waals surface area contributed by atoms with E-state index in [1.54, 1.807) is 49.9 Å². The van der Waals surface area contributed by atoms with Crippen LogP contribution in [-0.4, -0.2) is 27.9 Å². The van der Waals surface area contributed by atoms with E-state index in [0.29, 0.717) is 23.0 Å². The molecule has 8 heteroatoms. The van der Waals surface area contributed by atoms with Gasteiger partial charge in [-0.3, -0.25) is 9.78 Å². The number of hydrogen-bond acceptors (Lipinski definition) is 6. The Balaban J connectivity index is 1.87. The second-order valence-electron chi connectivity index (χ2n) is 5.84. The van der Waals surface area contributed by atoms with Gasteiger partial charge >= 0.3 is 0 Å². The van der Waals surface area contributed by atoms with Crippen molar-refractivity contribution in [3.63, 3.8) is 0 Å². The predicted octanol–water partition coefficient (Wildman–Crippen LogP) is 3.29. The van der Waals surface area contributed by atoms with Crippen LogP contribution in [0.1, 0.15) is 28.9 Å². The number of anilines is 3. The lowest BCUT2D eigenvalue weighted by Gasteiger charge is -2.17. The zero-order valence-electron chi connectivity index (χ0n) is 14.9. The van der Waals surface area contributed by atoms with Gasteiger partial charge in [-0.05, 0) is 36.8 Å². The third kappa shape index (κ3) is 4.75.